The summed E-state index contributed by atoms with van der Waals surface area (Å²) >= 11 is 3.52. The predicted octanol–water partition coefficient (Wildman–Crippen LogP) is 3.37. The van der Waals surface area contributed by atoms with Gasteiger partial charge < -0.3 is 25.0 Å². The van der Waals surface area contributed by atoms with Crippen LogP contribution in [-0.2, 0) is 9.53 Å². The molecule has 5 rings (SSSR count). The lowest BCUT2D eigenvalue weighted by atomic mass is 9.93. The SMILES string of the molecule is C[C@@H]1C[C@@H](O)c2ncnc(N3CCN(C(=O)[C@H](CCNC4CCOCC4)c4ccc(Br)cc4)CC3)c21. The van der Waals surface area contributed by atoms with Crippen LogP contribution in [0.1, 0.15) is 67.4 Å². The minimum atomic E-state index is -0.513. The van der Waals surface area contributed by atoms with E-state index in [4.69, 9.17) is 4.74 Å². The third-order valence-electron chi connectivity index (χ3n) is 7.83. The summed E-state index contributed by atoms with van der Waals surface area (Å²) in [7, 11) is 0. The van der Waals surface area contributed by atoms with Gasteiger partial charge in [0.05, 0.1) is 17.7 Å². The van der Waals surface area contributed by atoms with Crippen molar-refractivity contribution < 1.29 is 14.6 Å². The lowest BCUT2D eigenvalue weighted by Gasteiger charge is -2.38. The molecule has 3 aliphatic rings. The molecule has 0 unspecified atom stereocenters. The summed E-state index contributed by atoms with van der Waals surface area (Å²) in [6.45, 7) is 7.33. The number of aliphatic hydroxyl groups is 1. The van der Waals surface area contributed by atoms with Crippen molar-refractivity contribution in [3.8, 4) is 0 Å². The van der Waals surface area contributed by atoms with E-state index < -0.39 is 6.10 Å². The smallest absolute Gasteiger partial charge is 0.230 e. The van der Waals surface area contributed by atoms with Crippen LogP contribution < -0.4 is 10.2 Å². The van der Waals surface area contributed by atoms with Crippen molar-refractivity contribution in [3.63, 3.8) is 0 Å². The average molecular weight is 559 g/mol. The second-order valence-electron chi connectivity index (χ2n) is 10.2. The van der Waals surface area contributed by atoms with Crippen LogP contribution in [0.3, 0.4) is 0 Å². The van der Waals surface area contributed by atoms with Gasteiger partial charge in [0.25, 0.3) is 0 Å². The largest absolute Gasteiger partial charge is 0.387 e. The van der Waals surface area contributed by atoms with Gasteiger partial charge in [-0.2, -0.15) is 0 Å². The molecular weight excluding hydrogens is 522 g/mol. The molecule has 3 atom stereocenters. The topological polar surface area (TPSA) is 90.8 Å². The number of fused-ring (bicyclic) bond motifs is 1. The molecule has 36 heavy (non-hydrogen) atoms. The number of anilines is 1. The lowest BCUT2D eigenvalue weighted by Crippen LogP contribution is -2.50. The highest BCUT2D eigenvalue weighted by Gasteiger charge is 2.35. The average Bonchev–Trinajstić information content (AvgIpc) is 3.21. The van der Waals surface area contributed by atoms with Crippen LogP contribution in [0.4, 0.5) is 5.82 Å². The Labute approximate surface area is 221 Å². The Bertz CT molecular complexity index is 1040. The maximum Gasteiger partial charge on any atom is 0.230 e. The number of ether oxygens (including phenoxy) is 1. The Morgan fingerprint density at radius 3 is 2.61 bits per heavy atom. The van der Waals surface area contributed by atoms with Crippen molar-refractivity contribution in [2.24, 2.45) is 0 Å². The molecule has 9 heteroatoms. The van der Waals surface area contributed by atoms with Gasteiger partial charge in [-0.05, 0) is 55.8 Å². The molecule has 2 N–H and O–H groups in total. The van der Waals surface area contributed by atoms with Crippen LogP contribution in [0.5, 0.6) is 0 Å². The number of carbonyl (C=O) groups is 1. The number of hydrogen-bond acceptors (Lipinski definition) is 7. The van der Waals surface area contributed by atoms with E-state index in [0.717, 1.165) is 79.2 Å². The van der Waals surface area contributed by atoms with Crippen LogP contribution in [0, 0.1) is 0 Å². The van der Waals surface area contributed by atoms with Gasteiger partial charge in [0.2, 0.25) is 5.91 Å². The zero-order chi connectivity index (χ0) is 25.1. The van der Waals surface area contributed by atoms with Crippen LogP contribution in [0.15, 0.2) is 35.1 Å². The molecule has 3 heterocycles. The number of carbonyl (C=O) groups excluding carboxylic acids is 1. The lowest BCUT2D eigenvalue weighted by molar-refractivity contribution is -0.133. The van der Waals surface area contributed by atoms with Crippen LogP contribution in [0.2, 0.25) is 0 Å². The molecule has 0 spiro atoms. The summed E-state index contributed by atoms with van der Waals surface area (Å²) in [6, 6.07) is 8.64. The van der Waals surface area contributed by atoms with E-state index in [2.05, 4.69) is 55.2 Å². The Kier molecular flexibility index (Phi) is 8.20. The molecule has 0 saturated carbocycles. The molecular formula is C27H36BrN5O3. The van der Waals surface area contributed by atoms with Crippen LogP contribution in [0.25, 0.3) is 0 Å². The van der Waals surface area contributed by atoms with Crippen molar-refractivity contribution in [2.75, 3.05) is 50.8 Å². The normalized spacial score (nSPS) is 23.5. The Balaban J connectivity index is 1.24. The van der Waals surface area contributed by atoms with E-state index in [1.165, 1.54) is 0 Å². The van der Waals surface area contributed by atoms with Gasteiger partial charge in [-0.15, -0.1) is 0 Å². The van der Waals surface area contributed by atoms with E-state index in [1.807, 2.05) is 17.0 Å². The van der Waals surface area contributed by atoms with Crippen molar-refractivity contribution in [1.82, 2.24) is 20.2 Å². The molecule has 8 nitrogen and oxygen atoms in total. The molecule has 1 aromatic heterocycles. The first-order valence-corrected chi connectivity index (χ1v) is 13.9. The van der Waals surface area contributed by atoms with Crippen LogP contribution in [-0.4, -0.2) is 77.9 Å². The Hall–Kier alpha value is -2.07. The van der Waals surface area contributed by atoms with Gasteiger partial charge in [-0.1, -0.05) is 35.0 Å². The molecule has 1 aromatic carbocycles. The van der Waals surface area contributed by atoms with Crippen LogP contribution >= 0.6 is 15.9 Å². The number of rotatable bonds is 7. The van der Waals surface area contributed by atoms with Crippen molar-refractivity contribution in [3.05, 3.63) is 51.9 Å². The first kappa shape index (κ1) is 25.6. The number of nitrogens with zero attached hydrogens (tertiary/aromatic N) is 4. The van der Waals surface area contributed by atoms with Gasteiger partial charge in [0, 0.05) is 55.5 Å². The van der Waals surface area contributed by atoms with E-state index in [9.17, 15) is 9.90 Å². The fourth-order valence-corrected chi connectivity index (χ4v) is 6.04. The molecule has 2 saturated heterocycles. The van der Waals surface area contributed by atoms with Gasteiger partial charge >= 0.3 is 0 Å². The van der Waals surface area contributed by atoms with E-state index in [-0.39, 0.29) is 17.7 Å². The standard InChI is InChI=1S/C27H36BrN5O3/c1-18-16-23(34)25-24(18)26(31-17-30-25)32-10-12-33(13-11-32)27(35)22(19-2-4-20(28)5-3-19)6-9-29-21-7-14-36-15-8-21/h2-5,17-18,21-23,29,34H,6-16H2,1H3/t18-,22-,23-/m1/s1. The number of nitrogens with one attached hydrogen (secondary N) is 1. The molecule has 194 valence electrons. The Morgan fingerprint density at radius 1 is 1.17 bits per heavy atom. The van der Waals surface area contributed by atoms with Crippen molar-refractivity contribution >= 4 is 27.7 Å². The molecule has 0 radical (unpaired) electrons. The fraction of sp³-hybridized carbons (Fsp3) is 0.593. The highest BCUT2D eigenvalue weighted by molar-refractivity contribution is 9.10. The third kappa shape index (κ3) is 5.59. The highest BCUT2D eigenvalue weighted by Crippen LogP contribution is 2.42. The quantitative estimate of drug-likeness (QED) is 0.539. The summed E-state index contributed by atoms with van der Waals surface area (Å²) in [6.07, 6.45) is 4.56. The number of halogens is 1. The summed E-state index contributed by atoms with van der Waals surface area (Å²) in [4.78, 5) is 27.0. The zero-order valence-corrected chi connectivity index (χ0v) is 22.5. The van der Waals surface area contributed by atoms with E-state index in [1.54, 1.807) is 6.33 Å². The predicted molar refractivity (Wildman–Crippen MR) is 142 cm³/mol. The van der Waals surface area contributed by atoms with Gasteiger partial charge in [0.1, 0.15) is 12.1 Å². The second-order valence-corrected chi connectivity index (χ2v) is 11.1. The maximum absolute atomic E-state index is 13.8. The van der Waals surface area contributed by atoms with Gasteiger partial charge in [-0.25, -0.2) is 9.97 Å². The summed E-state index contributed by atoms with van der Waals surface area (Å²) < 4.78 is 6.49. The van der Waals surface area contributed by atoms with E-state index in [0.29, 0.717) is 25.6 Å². The summed E-state index contributed by atoms with van der Waals surface area (Å²) in [5.41, 5.74) is 2.89. The molecule has 2 aliphatic heterocycles. The molecule has 2 fully saturated rings. The molecule has 2 aromatic rings. The Morgan fingerprint density at radius 2 is 1.89 bits per heavy atom. The second kappa shape index (κ2) is 11.5. The first-order valence-electron chi connectivity index (χ1n) is 13.1. The van der Waals surface area contributed by atoms with Crippen molar-refractivity contribution in [1.29, 1.82) is 0 Å². The maximum atomic E-state index is 13.8. The number of piperazine rings is 1. The van der Waals surface area contributed by atoms with Gasteiger partial charge in [0.15, 0.2) is 0 Å². The minimum absolute atomic E-state index is 0.171. The number of benzene rings is 1. The number of hydrogen-bond donors (Lipinski definition) is 2. The number of aromatic nitrogens is 2. The molecule has 1 amide bonds. The fourth-order valence-electron chi connectivity index (χ4n) is 5.77. The minimum Gasteiger partial charge on any atom is -0.387 e. The third-order valence-corrected chi connectivity index (χ3v) is 8.36. The molecule has 1 aliphatic carbocycles. The zero-order valence-electron chi connectivity index (χ0n) is 20.9. The number of amides is 1. The highest BCUT2D eigenvalue weighted by atomic mass is 79.9. The summed E-state index contributed by atoms with van der Waals surface area (Å²) in [5.74, 6) is 1.18. The summed E-state index contributed by atoms with van der Waals surface area (Å²) in [5, 5.41) is 14.0. The molecule has 0 bridgehead atoms. The number of aliphatic hydroxyl groups excluding tert-OH is 1. The monoisotopic (exact) mass is 557 g/mol. The first-order chi connectivity index (χ1) is 17.5. The van der Waals surface area contributed by atoms with Gasteiger partial charge in [-0.3, -0.25) is 4.79 Å². The van der Waals surface area contributed by atoms with E-state index >= 15 is 0 Å². The van der Waals surface area contributed by atoms with Crippen molar-refractivity contribution in [2.45, 2.75) is 56.6 Å².